The summed E-state index contributed by atoms with van der Waals surface area (Å²) in [6, 6.07) is 3.52. The maximum atomic E-state index is 11.3. The van der Waals surface area contributed by atoms with Gasteiger partial charge in [-0.05, 0) is 36.1 Å². The molecule has 0 radical (unpaired) electrons. The number of methoxy groups -OCH3 is 1. The Labute approximate surface area is 120 Å². The first kappa shape index (κ1) is 16.1. The van der Waals surface area contributed by atoms with Crippen molar-refractivity contribution in [3.05, 3.63) is 29.3 Å². The number of phenolic OH excluding ortho intramolecular Hbond substituents is 1. The molecular weight excluding hydrogens is 256 g/mol. The number of carbonyl (C=O) groups is 1. The van der Waals surface area contributed by atoms with E-state index in [1.165, 1.54) is 13.2 Å². The summed E-state index contributed by atoms with van der Waals surface area (Å²) in [5.74, 6) is 0.131. The first-order chi connectivity index (χ1) is 9.29. The van der Waals surface area contributed by atoms with Gasteiger partial charge in [-0.1, -0.05) is 20.8 Å². The predicted molar refractivity (Wildman–Crippen MR) is 79.0 cm³/mol. The van der Waals surface area contributed by atoms with Crippen LogP contribution in [0.15, 0.2) is 18.2 Å². The standard InChI is InChI=1S/C16H22O4/c1-6-20-14(17)8-7-11-9-12(16(2,3)4)15(18)13(10-11)19-5/h7-10,18H,6H2,1-5H3/b8-7+. The molecule has 110 valence electrons. The summed E-state index contributed by atoms with van der Waals surface area (Å²) in [6.45, 7) is 8.10. The van der Waals surface area contributed by atoms with E-state index >= 15 is 0 Å². The first-order valence-electron chi connectivity index (χ1n) is 6.56. The van der Waals surface area contributed by atoms with Crippen molar-refractivity contribution in [1.82, 2.24) is 0 Å². The monoisotopic (exact) mass is 278 g/mol. The lowest BCUT2D eigenvalue weighted by molar-refractivity contribution is -0.137. The van der Waals surface area contributed by atoms with E-state index in [-0.39, 0.29) is 11.2 Å². The van der Waals surface area contributed by atoms with E-state index in [9.17, 15) is 9.90 Å². The molecule has 1 rings (SSSR count). The fourth-order valence-electron chi connectivity index (χ4n) is 1.81. The molecule has 0 amide bonds. The zero-order valence-corrected chi connectivity index (χ0v) is 12.7. The van der Waals surface area contributed by atoms with Gasteiger partial charge in [-0.3, -0.25) is 0 Å². The molecule has 0 bridgehead atoms. The van der Waals surface area contributed by atoms with Gasteiger partial charge in [0.1, 0.15) is 0 Å². The zero-order chi connectivity index (χ0) is 15.3. The number of rotatable bonds is 4. The number of esters is 1. The molecule has 0 heterocycles. The number of aromatic hydroxyl groups is 1. The molecule has 4 heteroatoms. The van der Waals surface area contributed by atoms with Crippen LogP contribution in [0, 0.1) is 0 Å². The van der Waals surface area contributed by atoms with Crippen LogP contribution in [0.1, 0.15) is 38.8 Å². The molecule has 0 fully saturated rings. The second-order valence-corrected chi connectivity index (χ2v) is 5.45. The number of hydrogen-bond acceptors (Lipinski definition) is 4. The third kappa shape index (κ3) is 4.02. The van der Waals surface area contributed by atoms with Crippen LogP contribution in [-0.4, -0.2) is 24.8 Å². The minimum absolute atomic E-state index is 0.133. The lowest BCUT2D eigenvalue weighted by Gasteiger charge is -2.22. The van der Waals surface area contributed by atoms with Crippen molar-refractivity contribution in [2.24, 2.45) is 0 Å². The smallest absolute Gasteiger partial charge is 0.330 e. The second kappa shape index (κ2) is 6.46. The largest absolute Gasteiger partial charge is 0.504 e. The normalized spacial score (nSPS) is 11.7. The molecule has 20 heavy (non-hydrogen) atoms. The van der Waals surface area contributed by atoms with Crippen LogP contribution in [-0.2, 0) is 14.9 Å². The van der Waals surface area contributed by atoms with Crippen molar-refractivity contribution in [2.45, 2.75) is 33.1 Å². The Kier molecular flexibility index (Phi) is 5.19. The lowest BCUT2D eigenvalue weighted by Crippen LogP contribution is -2.12. The van der Waals surface area contributed by atoms with Crippen LogP contribution < -0.4 is 4.74 Å². The number of hydrogen-bond donors (Lipinski definition) is 1. The highest BCUT2D eigenvalue weighted by atomic mass is 16.5. The summed E-state index contributed by atoms with van der Waals surface area (Å²) in [5, 5.41) is 10.2. The molecule has 0 saturated carbocycles. The highest BCUT2D eigenvalue weighted by Gasteiger charge is 2.21. The van der Waals surface area contributed by atoms with Crippen LogP contribution in [0.2, 0.25) is 0 Å². The van der Waals surface area contributed by atoms with Gasteiger partial charge >= 0.3 is 5.97 Å². The van der Waals surface area contributed by atoms with Gasteiger partial charge in [-0.15, -0.1) is 0 Å². The maximum absolute atomic E-state index is 11.3. The molecule has 4 nitrogen and oxygen atoms in total. The van der Waals surface area contributed by atoms with Crippen LogP contribution in [0.4, 0.5) is 0 Å². The summed E-state index contributed by atoms with van der Waals surface area (Å²) < 4.78 is 10.0. The summed E-state index contributed by atoms with van der Waals surface area (Å²) in [6.07, 6.45) is 3.01. The Hall–Kier alpha value is -1.97. The van der Waals surface area contributed by atoms with Gasteiger partial charge in [0.05, 0.1) is 13.7 Å². The van der Waals surface area contributed by atoms with Crippen molar-refractivity contribution in [3.63, 3.8) is 0 Å². The molecule has 1 aromatic rings. The van der Waals surface area contributed by atoms with E-state index in [4.69, 9.17) is 9.47 Å². The first-order valence-corrected chi connectivity index (χ1v) is 6.56. The van der Waals surface area contributed by atoms with Crippen molar-refractivity contribution in [2.75, 3.05) is 13.7 Å². The molecule has 0 aliphatic heterocycles. The Morgan fingerprint density at radius 1 is 1.35 bits per heavy atom. The van der Waals surface area contributed by atoms with Gasteiger partial charge in [0.15, 0.2) is 11.5 Å². The second-order valence-electron chi connectivity index (χ2n) is 5.45. The van der Waals surface area contributed by atoms with Gasteiger partial charge in [0.25, 0.3) is 0 Å². The number of ether oxygens (including phenoxy) is 2. The molecule has 0 unspecified atom stereocenters. The summed E-state index contributed by atoms with van der Waals surface area (Å²) >= 11 is 0. The van der Waals surface area contributed by atoms with Crippen LogP contribution in [0.5, 0.6) is 11.5 Å². The highest BCUT2D eigenvalue weighted by Crippen LogP contribution is 2.38. The SMILES string of the molecule is CCOC(=O)/C=C/c1cc(OC)c(O)c(C(C)(C)C)c1. The van der Waals surface area contributed by atoms with E-state index in [2.05, 4.69) is 0 Å². The summed E-state index contributed by atoms with van der Waals surface area (Å²) in [4.78, 5) is 11.3. The molecule has 0 spiro atoms. The van der Waals surface area contributed by atoms with E-state index in [1.54, 1.807) is 19.1 Å². The Balaban J connectivity index is 3.19. The highest BCUT2D eigenvalue weighted by molar-refractivity contribution is 5.87. The van der Waals surface area contributed by atoms with Crippen molar-refractivity contribution in [1.29, 1.82) is 0 Å². The average molecular weight is 278 g/mol. The van der Waals surface area contributed by atoms with Gasteiger partial charge < -0.3 is 14.6 Å². The minimum atomic E-state index is -0.392. The predicted octanol–water partition coefficient (Wildman–Crippen LogP) is 3.27. The Morgan fingerprint density at radius 2 is 2.00 bits per heavy atom. The Bertz CT molecular complexity index is 510. The van der Waals surface area contributed by atoms with Gasteiger partial charge in [-0.2, -0.15) is 0 Å². The van der Waals surface area contributed by atoms with E-state index in [0.717, 1.165) is 11.1 Å². The van der Waals surface area contributed by atoms with E-state index < -0.39 is 5.97 Å². The van der Waals surface area contributed by atoms with Crippen LogP contribution >= 0.6 is 0 Å². The van der Waals surface area contributed by atoms with Gasteiger partial charge in [-0.25, -0.2) is 4.79 Å². The van der Waals surface area contributed by atoms with Crippen molar-refractivity contribution in [3.8, 4) is 11.5 Å². The van der Waals surface area contributed by atoms with Gasteiger partial charge in [0.2, 0.25) is 0 Å². The molecule has 1 N–H and O–H groups in total. The van der Waals surface area contributed by atoms with E-state index in [0.29, 0.717) is 12.4 Å². The molecule has 0 saturated heterocycles. The molecular formula is C16H22O4. The summed E-state index contributed by atoms with van der Waals surface area (Å²) in [7, 11) is 1.50. The minimum Gasteiger partial charge on any atom is -0.504 e. The van der Waals surface area contributed by atoms with E-state index in [1.807, 2.05) is 26.8 Å². The zero-order valence-electron chi connectivity index (χ0n) is 12.7. The van der Waals surface area contributed by atoms with Crippen LogP contribution in [0.3, 0.4) is 0 Å². The number of phenols is 1. The topological polar surface area (TPSA) is 55.8 Å². The van der Waals surface area contributed by atoms with Crippen molar-refractivity contribution < 1.29 is 19.4 Å². The molecule has 0 atom stereocenters. The number of benzene rings is 1. The number of carbonyl (C=O) groups excluding carboxylic acids is 1. The maximum Gasteiger partial charge on any atom is 0.330 e. The third-order valence-electron chi connectivity index (χ3n) is 2.82. The van der Waals surface area contributed by atoms with Crippen molar-refractivity contribution >= 4 is 12.0 Å². The molecule has 0 aromatic heterocycles. The Morgan fingerprint density at radius 3 is 2.50 bits per heavy atom. The quantitative estimate of drug-likeness (QED) is 0.678. The van der Waals surface area contributed by atoms with Gasteiger partial charge in [0, 0.05) is 11.6 Å². The lowest BCUT2D eigenvalue weighted by atomic mass is 9.85. The third-order valence-corrected chi connectivity index (χ3v) is 2.82. The summed E-state index contributed by atoms with van der Waals surface area (Å²) in [5.41, 5.74) is 1.31. The molecule has 1 aromatic carbocycles. The van der Waals surface area contributed by atoms with Crippen LogP contribution in [0.25, 0.3) is 6.08 Å². The fraction of sp³-hybridized carbons (Fsp3) is 0.438. The average Bonchev–Trinajstić information content (AvgIpc) is 2.36. The molecule has 0 aliphatic rings. The molecule has 0 aliphatic carbocycles. The fourth-order valence-corrected chi connectivity index (χ4v) is 1.81.